The van der Waals surface area contributed by atoms with Gasteiger partial charge >= 0.3 is 0 Å². The zero-order valence-corrected chi connectivity index (χ0v) is 13.1. The summed E-state index contributed by atoms with van der Waals surface area (Å²) in [6, 6.07) is 12.7. The molecule has 4 heteroatoms. The smallest absolute Gasteiger partial charge is 0.131 e. The van der Waals surface area contributed by atoms with Gasteiger partial charge < -0.3 is 10.1 Å². The van der Waals surface area contributed by atoms with Crippen molar-refractivity contribution < 1.29 is 9.13 Å². The zero-order valence-electron chi connectivity index (χ0n) is 11.5. The quantitative estimate of drug-likeness (QED) is 0.870. The normalized spacial score (nSPS) is 12.2. The van der Waals surface area contributed by atoms with Gasteiger partial charge in [0, 0.05) is 22.6 Å². The van der Waals surface area contributed by atoms with E-state index in [0.717, 1.165) is 10.0 Å². The summed E-state index contributed by atoms with van der Waals surface area (Å²) < 4.78 is 20.2. The number of methoxy groups -OCH3 is 1. The van der Waals surface area contributed by atoms with Crippen LogP contribution in [0.2, 0.25) is 0 Å². The van der Waals surface area contributed by atoms with Crippen molar-refractivity contribution in [3.8, 4) is 5.75 Å². The van der Waals surface area contributed by atoms with Gasteiger partial charge in [-0.25, -0.2) is 4.39 Å². The molecule has 0 amide bonds. The molecule has 0 saturated heterocycles. The van der Waals surface area contributed by atoms with E-state index >= 15 is 0 Å². The molecule has 20 heavy (non-hydrogen) atoms. The second-order valence-electron chi connectivity index (χ2n) is 4.55. The first-order valence-electron chi connectivity index (χ1n) is 6.42. The number of hydrogen-bond donors (Lipinski definition) is 1. The standard InChI is InChI=1S/C16H17BrFNO/c1-11(16-14(18)8-5-9-15(16)20-2)19-10-12-6-3-4-7-13(12)17/h3-9,11,19H,10H2,1-2H3. The number of ether oxygens (including phenoxy) is 1. The summed E-state index contributed by atoms with van der Waals surface area (Å²) in [5.41, 5.74) is 1.69. The Morgan fingerprint density at radius 3 is 2.65 bits per heavy atom. The van der Waals surface area contributed by atoms with Gasteiger partial charge in [0.1, 0.15) is 11.6 Å². The molecule has 0 heterocycles. The van der Waals surface area contributed by atoms with Crippen molar-refractivity contribution in [1.82, 2.24) is 5.32 Å². The molecule has 0 fully saturated rings. The summed E-state index contributed by atoms with van der Waals surface area (Å²) in [5, 5.41) is 3.32. The highest BCUT2D eigenvalue weighted by atomic mass is 79.9. The van der Waals surface area contributed by atoms with Gasteiger partial charge in [0.2, 0.25) is 0 Å². The average molecular weight is 338 g/mol. The van der Waals surface area contributed by atoms with Gasteiger partial charge in [0.15, 0.2) is 0 Å². The van der Waals surface area contributed by atoms with Crippen molar-refractivity contribution in [3.63, 3.8) is 0 Å². The van der Waals surface area contributed by atoms with E-state index in [9.17, 15) is 4.39 Å². The average Bonchev–Trinajstić information content (AvgIpc) is 2.45. The predicted molar refractivity (Wildman–Crippen MR) is 82.3 cm³/mol. The molecule has 0 radical (unpaired) electrons. The molecule has 0 aromatic heterocycles. The second-order valence-corrected chi connectivity index (χ2v) is 5.40. The lowest BCUT2D eigenvalue weighted by Crippen LogP contribution is -2.20. The fraction of sp³-hybridized carbons (Fsp3) is 0.250. The minimum atomic E-state index is -0.253. The Kier molecular flexibility index (Phi) is 5.15. The maximum absolute atomic E-state index is 14.0. The molecule has 0 aliphatic carbocycles. The first-order valence-corrected chi connectivity index (χ1v) is 7.22. The van der Waals surface area contributed by atoms with Crippen molar-refractivity contribution >= 4 is 15.9 Å². The molecule has 1 N–H and O–H groups in total. The molecule has 2 aromatic rings. The molecule has 1 unspecified atom stereocenters. The number of nitrogens with one attached hydrogen (secondary N) is 1. The molecule has 2 aromatic carbocycles. The van der Waals surface area contributed by atoms with E-state index in [0.29, 0.717) is 17.9 Å². The molecular formula is C16H17BrFNO. The van der Waals surface area contributed by atoms with E-state index in [-0.39, 0.29) is 11.9 Å². The third-order valence-corrected chi connectivity index (χ3v) is 4.00. The molecule has 0 aliphatic rings. The molecule has 0 aliphatic heterocycles. The zero-order chi connectivity index (χ0) is 14.5. The van der Waals surface area contributed by atoms with Gasteiger partial charge in [-0.05, 0) is 30.7 Å². The summed E-state index contributed by atoms with van der Waals surface area (Å²) >= 11 is 3.51. The Bertz CT molecular complexity index is 588. The van der Waals surface area contributed by atoms with Crippen LogP contribution in [-0.2, 0) is 6.54 Å². The third-order valence-electron chi connectivity index (χ3n) is 3.22. The highest BCUT2D eigenvalue weighted by Gasteiger charge is 2.16. The van der Waals surface area contributed by atoms with Gasteiger partial charge in [-0.3, -0.25) is 0 Å². The third kappa shape index (κ3) is 3.38. The van der Waals surface area contributed by atoms with Crippen molar-refractivity contribution in [1.29, 1.82) is 0 Å². The lowest BCUT2D eigenvalue weighted by Gasteiger charge is -2.18. The van der Waals surface area contributed by atoms with Gasteiger partial charge in [0.25, 0.3) is 0 Å². The molecule has 2 nitrogen and oxygen atoms in total. The maximum Gasteiger partial charge on any atom is 0.131 e. The topological polar surface area (TPSA) is 21.3 Å². The summed E-state index contributed by atoms with van der Waals surface area (Å²) in [5.74, 6) is 0.314. The van der Waals surface area contributed by atoms with Crippen LogP contribution in [0.1, 0.15) is 24.1 Å². The minimum Gasteiger partial charge on any atom is -0.496 e. The van der Waals surface area contributed by atoms with E-state index in [2.05, 4.69) is 21.2 Å². The fourth-order valence-corrected chi connectivity index (χ4v) is 2.55. The predicted octanol–water partition coefficient (Wildman–Crippen LogP) is 4.45. The Hall–Kier alpha value is -1.39. The van der Waals surface area contributed by atoms with Gasteiger partial charge in [-0.15, -0.1) is 0 Å². The van der Waals surface area contributed by atoms with Crippen LogP contribution in [0, 0.1) is 5.82 Å². The van der Waals surface area contributed by atoms with Gasteiger partial charge in [0.05, 0.1) is 7.11 Å². The van der Waals surface area contributed by atoms with Gasteiger partial charge in [-0.2, -0.15) is 0 Å². The van der Waals surface area contributed by atoms with Crippen LogP contribution in [0.5, 0.6) is 5.75 Å². The van der Waals surface area contributed by atoms with E-state index in [1.54, 1.807) is 19.2 Å². The Morgan fingerprint density at radius 1 is 1.20 bits per heavy atom. The van der Waals surface area contributed by atoms with Crippen molar-refractivity contribution in [2.75, 3.05) is 7.11 Å². The molecule has 0 spiro atoms. The van der Waals surface area contributed by atoms with Crippen LogP contribution >= 0.6 is 15.9 Å². The highest BCUT2D eigenvalue weighted by molar-refractivity contribution is 9.10. The van der Waals surface area contributed by atoms with Crippen molar-refractivity contribution in [3.05, 3.63) is 63.9 Å². The van der Waals surface area contributed by atoms with Crippen LogP contribution in [-0.4, -0.2) is 7.11 Å². The molecule has 106 valence electrons. The summed E-state index contributed by atoms with van der Waals surface area (Å²) in [6.07, 6.45) is 0. The van der Waals surface area contributed by atoms with E-state index in [4.69, 9.17) is 4.74 Å². The van der Waals surface area contributed by atoms with Crippen LogP contribution in [0.4, 0.5) is 4.39 Å². The number of hydrogen-bond acceptors (Lipinski definition) is 2. The minimum absolute atomic E-state index is 0.141. The lowest BCUT2D eigenvalue weighted by molar-refractivity contribution is 0.393. The first-order chi connectivity index (χ1) is 9.63. The van der Waals surface area contributed by atoms with Crippen molar-refractivity contribution in [2.24, 2.45) is 0 Å². The number of halogens is 2. The Labute approximate surface area is 127 Å². The van der Waals surface area contributed by atoms with Crippen LogP contribution in [0.15, 0.2) is 46.9 Å². The highest BCUT2D eigenvalue weighted by Crippen LogP contribution is 2.28. The molecule has 2 rings (SSSR count). The van der Waals surface area contributed by atoms with Crippen LogP contribution < -0.4 is 10.1 Å². The first kappa shape index (κ1) is 15.0. The van der Waals surface area contributed by atoms with Gasteiger partial charge in [-0.1, -0.05) is 40.2 Å². The summed E-state index contributed by atoms with van der Waals surface area (Å²) in [4.78, 5) is 0. The number of benzene rings is 2. The van der Waals surface area contributed by atoms with E-state index < -0.39 is 0 Å². The van der Waals surface area contributed by atoms with E-state index in [1.165, 1.54) is 6.07 Å². The summed E-state index contributed by atoms with van der Waals surface area (Å²) in [6.45, 7) is 2.58. The largest absolute Gasteiger partial charge is 0.496 e. The monoisotopic (exact) mass is 337 g/mol. The SMILES string of the molecule is COc1cccc(F)c1C(C)NCc1ccccc1Br. The Morgan fingerprint density at radius 2 is 1.95 bits per heavy atom. The molecule has 0 bridgehead atoms. The van der Waals surface area contributed by atoms with Crippen LogP contribution in [0.3, 0.4) is 0 Å². The lowest BCUT2D eigenvalue weighted by atomic mass is 10.1. The molecule has 1 atom stereocenters. The van der Waals surface area contributed by atoms with E-state index in [1.807, 2.05) is 31.2 Å². The Balaban J connectivity index is 2.13. The molecule has 0 saturated carbocycles. The second kappa shape index (κ2) is 6.86. The van der Waals surface area contributed by atoms with Crippen molar-refractivity contribution in [2.45, 2.75) is 19.5 Å². The number of rotatable bonds is 5. The maximum atomic E-state index is 14.0. The fourth-order valence-electron chi connectivity index (χ4n) is 2.12. The summed E-state index contributed by atoms with van der Waals surface area (Å²) in [7, 11) is 1.55. The van der Waals surface area contributed by atoms with Crippen LogP contribution in [0.25, 0.3) is 0 Å². The molecular weight excluding hydrogens is 321 g/mol.